The average molecular weight is 168 g/mol. The third kappa shape index (κ3) is 2.42. The molecule has 4 N–H and O–H groups in total. The van der Waals surface area contributed by atoms with Crippen molar-refractivity contribution in [1.82, 2.24) is 0 Å². The minimum Gasteiger partial charge on any atom is -0.390 e. The summed E-state index contributed by atoms with van der Waals surface area (Å²) in [5.74, 6) is 0. The van der Waals surface area contributed by atoms with Gasteiger partial charge >= 0.3 is 0 Å². The molecule has 3 nitrogen and oxygen atoms in total. The summed E-state index contributed by atoms with van der Waals surface area (Å²) in [6.45, 7) is 0. The number of aliphatic hydroxyl groups is 2. The van der Waals surface area contributed by atoms with E-state index >= 15 is 0 Å². The van der Waals surface area contributed by atoms with Crippen LogP contribution < -0.4 is 5.73 Å². The van der Waals surface area contributed by atoms with Crippen molar-refractivity contribution < 1.29 is 10.2 Å². The van der Waals surface area contributed by atoms with Crippen LogP contribution >= 0.6 is 12.4 Å². The predicted molar refractivity (Wildman–Crippen MR) is 41.1 cm³/mol. The van der Waals surface area contributed by atoms with Crippen molar-refractivity contribution in [2.75, 3.05) is 0 Å². The highest BCUT2D eigenvalue weighted by Crippen LogP contribution is 2.16. The second-order valence-corrected chi connectivity index (χ2v) is 2.71. The van der Waals surface area contributed by atoms with E-state index in [9.17, 15) is 0 Å². The van der Waals surface area contributed by atoms with E-state index in [1.54, 1.807) is 0 Å². The Bertz CT molecular complexity index is 102. The van der Waals surface area contributed by atoms with E-state index in [1.165, 1.54) is 0 Å². The number of nitrogens with two attached hydrogens (primary N) is 1. The smallest absolute Gasteiger partial charge is 0.0813 e. The zero-order chi connectivity index (χ0) is 6.85. The first-order valence-corrected chi connectivity index (χ1v) is 3.32. The fraction of sp³-hybridized carbons (Fsp3) is 1.00. The zero-order valence-corrected chi connectivity index (χ0v) is 6.55. The van der Waals surface area contributed by atoms with Gasteiger partial charge in [0.2, 0.25) is 0 Å². The van der Waals surface area contributed by atoms with Crippen LogP contribution in [0.4, 0.5) is 0 Å². The fourth-order valence-electron chi connectivity index (χ4n) is 1.16. The molecule has 0 spiro atoms. The van der Waals surface area contributed by atoms with Gasteiger partial charge in [-0.3, -0.25) is 0 Å². The van der Waals surface area contributed by atoms with E-state index in [2.05, 4.69) is 0 Å². The van der Waals surface area contributed by atoms with Gasteiger partial charge in [-0.1, -0.05) is 0 Å². The van der Waals surface area contributed by atoms with Gasteiger partial charge in [-0.15, -0.1) is 12.4 Å². The van der Waals surface area contributed by atoms with Crippen LogP contribution in [0.25, 0.3) is 0 Å². The molecule has 0 saturated heterocycles. The van der Waals surface area contributed by atoms with Gasteiger partial charge in [0.15, 0.2) is 0 Å². The highest BCUT2D eigenvalue weighted by molar-refractivity contribution is 5.85. The summed E-state index contributed by atoms with van der Waals surface area (Å²) >= 11 is 0. The highest BCUT2D eigenvalue weighted by atomic mass is 35.5. The topological polar surface area (TPSA) is 66.5 Å². The van der Waals surface area contributed by atoms with E-state index in [0.29, 0.717) is 12.8 Å². The Labute approximate surface area is 66.6 Å². The molecular formula is C6H14ClNO2. The lowest BCUT2D eigenvalue weighted by Crippen LogP contribution is -2.39. The molecule has 1 aliphatic carbocycles. The van der Waals surface area contributed by atoms with E-state index in [-0.39, 0.29) is 18.4 Å². The van der Waals surface area contributed by atoms with Crippen LogP contribution in [-0.2, 0) is 0 Å². The third-order valence-corrected chi connectivity index (χ3v) is 1.82. The Balaban J connectivity index is 0.000000810. The molecular weight excluding hydrogens is 154 g/mol. The molecule has 3 atom stereocenters. The molecule has 1 unspecified atom stereocenters. The largest absolute Gasteiger partial charge is 0.390 e. The number of halogens is 1. The molecule has 1 saturated carbocycles. The highest BCUT2D eigenvalue weighted by Gasteiger charge is 2.24. The fourth-order valence-corrected chi connectivity index (χ4v) is 1.16. The van der Waals surface area contributed by atoms with Crippen LogP contribution in [0.5, 0.6) is 0 Å². The van der Waals surface area contributed by atoms with Gasteiger partial charge in [0.1, 0.15) is 0 Å². The van der Waals surface area contributed by atoms with Crippen molar-refractivity contribution in [3.8, 4) is 0 Å². The molecule has 10 heavy (non-hydrogen) atoms. The van der Waals surface area contributed by atoms with Crippen LogP contribution in [0.15, 0.2) is 0 Å². The standard InChI is InChI=1S/C6H13NO2.ClH/c7-4-1-2-5(8)6(9)3-4;/h4-6,8-9H,1-3,7H2;1H/t4?,5-,6+;/m1./s1. The van der Waals surface area contributed by atoms with Gasteiger partial charge in [0.05, 0.1) is 12.2 Å². The molecule has 4 heteroatoms. The van der Waals surface area contributed by atoms with Gasteiger partial charge in [0.25, 0.3) is 0 Å². The zero-order valence-electron chi connectivity index (χ0n) is 5.73. The van der Waals surface area contributed by atoms with Crippen molar-refractivity contribution in [2.24, 2.45) is 5.73 Å². The van der Waals surface area contributed by atoms with Crippen LogP contribution in [0.2, 0.25) is 0 Å². The summed E-state index contributed by atoms with van der Waals surface area (Å²) < 4.78 is 0. The Kier molecular flexibility index (Phi) is 4.20. The first-order valence-electron chi connectivity index (χ1n) is 3.32. The summed E-state index contributed by atoms with van der Waals surface area (Å²) in [7, 11) is 0. The van der Waals surface area contributed by atoms with E-state index in [1.807, 2.05) is 0 Å². The van der Waals surface area contributed by atoms with Crippen molar-refractivity contribution in [1.29, 1.82) is 0 Å². The van der Waals surface area contributed by atoms with Gasteiger partial charge in [0, 0.05) is 6.04 Å². The molecule has 0 aromatic carbocycles. The maximum absolute atomic E-state index is 9.02. The number of hydrogen-bond acceptors (Lipinski definition) is 3. The minimum atomic E-state index is -0.589. The number of rotatable bonds is 0. The molecule has 62 valence electrons. The maximum atomic E-state index is 9.02. The summed E-state index contributed by atoms with van der Waals surface area (Å²) in [5, 5.41) is 18.0. The Hall–Kier alpha value is 0.170. The molecule has 1 fully saturated rings. The maximum Gasteiger partial charge on any atom is 0.0813 e. The third-order valence-electron chi connectivity index (χ3n) is 1.82. The van der Waals surface area contributed by atoms with Gasteiger partial charge < -0.3 is 15.9 Å². The first kappa shape index (κ1) is 10.2. The lowest BCUT2D eigenvalue weighted by molar-refractivity contribution is -0.0140. The summed E-state index contributed by atoms with van der Waals surface area (Å²) in [6.07, 6.45) is 0.889. The monoisotopic (exact) mass is 167 g/mol. The van der Waals surface area contributed by atoms with Crippen molar-refractivity contribution in [3.63, 3.8) is 0 Å². The Morgan fingerprint density at radius 2 is 1.70 bits per heavy atom. The molecule has 0 aliphatic heterocycles. The van der Waals surface area contributed by atoms with Crippen molar-refractivity contribution in [3.05, 3.63) is 0 Å². The van der Waals surface area contributed by atoms with E-state index in [4.69, 9.17) is 15.9 Å². The van der Waals surface area contributed by atoms with Crippen molar-refractivity contribution in [2.45, 2.75) is 37.5 Å². The molecule has 0 amide bonds. The molecule has 0 radical (unpaired) electrons. The minimum absolute atomic E-state index is 0. The summed E-state index contributed by atoms with van der Waals surface area (Å²) in [5.41, 5.74) is 5.52. The predicted octanol–water partition coefficient (Wildman–Crippen LogP) is -0.359. The molecule has 0 bridgehead atoms. The number of aliphatic hydroxyl groups excluding tert-OH is 2. The van der Waals surface area contributed by atoms with E-state index < -0.39 is 12.2 Å². The second-order valence-electron chi connectivity index (χ2n) is 2.71. The van der Waals surface area contributed by atoms with Crippen molar-refractivity contribution >= 4 is 12.4 Å². The summed E-state index contributed by atoms with van der Waals surface area (Å²) in [4.78, 5) is 0. The van der Waals surface area contributed by atoms with Gasteiger partial charge in [-0.25, -0.2) is 0 Å². The normalized spacial score (nSPS) is 40.5. The molecule has 0 aromatic heterocycles. The quantitative estimate of drug-likeness (QED) is 0.462. The van der Waals surface area contributed by atoms with Crippen LogP contribution in [0, 0.1) is 0 Å². The van der Waals surface area contributed by atoms with Crippen LogP contribution in [-0.4, -0.2) is 28.5 Å². The lowest BCUT2D eigenvalue weighted by atomic mass is 9.91. The average Bonchev–Trinajstić information content (AvgIpc) is 1.80. The number of hydrogen-bond donors (Lipinski definition) is 3. The molecule has 0 aromatic rings. The SMILES string of the molecule is Cl.NC1CC[C@@H](O)[C@@H](O)C1. The van der Waals surface area contributed by atoms with Crippen LogP contribution in [0.1, 0.15) is 19.3 Å². The van der Waals surface area contributed by atoms with Crippen LogP contribution in [0.3, 0.4) is 0 Å². The van der Waals surface area contributed by atoms with E-state index in [0.717, 1.165) is 6.42 Å². The van der Waals surface area contributed by atoms with Gasteiger partial charge in [-0.2, -0.15) is 0 Å². The Morgan fingerprint density at radius 3 is 2.10 bits per heavy atom. The molecule has 0 heterocycles. The second kappa shape index (κ2) is 4.13. The summed E-state index contributed by atoms with van der Waals surface area (Å²) in [6, 6.07) is 0.0865. The van der Waals surface area contributed by atoms with Gasteiger partial charge in [-0.05, 0) is 19.3 Å². The lowest BCUT2D eigenvalue weighted by Gasteiger charge is -2.27. The first-order chi connectivity index (χ1) is 4.20. The Morgan fingerprint density at radius 1 is 1.10 bits per heavy atom. The molecule has 1 aliphatic rings. The molecule has 1 rings (SSSR count).